The van der Waals surface area contributed by atoms with Crippen molar-refractivity contribution >= 4 is 33.9 Å². The number of anilines is 1. The number of amides is 2. The highest BCUT2D eigenvalue weighted by molar-refractivity contribution is 8.19. The third kappa shape index (κ3) is 4.12. The molecule has 2 aliphatic rings. The zero-order valence-corrected chi connectivity index (χ0v) is 16.9. The van der Waals surface area contributed by atoms with Crippen molar-refractivity contribution in [1.82, 2.24) is 10.2 Å². The summed E-state index contributed by atoms with van der Waals surface area (Å²) in [5.41, 5.74) is 0.820. The standard InChI is InChI=1S/C21H26N4O2S/c1-3-25-20(27)19(24-16-12-8-5-9-13-16)28(2)21(25)17(14-22)18(26)23-15-10-6-4-7-11-15/h5,8-9,12-13,15,19,24H,2-4,6-7,10-11H2,1H3,(H,23,26). The van der Waals surface area contributed by atoms with Crippen LogP contribution in [0.2, 0.25) is 0 Å². The number of nitriles is 1. The minimum atomic E-state index is -0.854. The van der Waals surface area contributed by atoms with Gasteiger partial charge in [0.2, 0.25) is 0 Å². The predicted molar refractivity (Wildman–Crippen MR) is 114 cm³/mol. The maximum atomic E-state index is 12.9. The number of nitrogens with one attached hydrogen (secondary N) is 2. The Hall–Kier alpha value is -2.59. The summed E-state index contributed by atoms with van der Waals surface area (Å²) in [6.07, 6.45) is 5.23. The first kappa shape index (κ1) is 20.2. The fraction of sp³-hybridized carbons (Fsp3) is 0.429. The lowest BCUT2D eigenvalue weighted by atomic mass is 9.95. The average molecular weight is 399 g/mol. The van der Waals surface area contributed by atoms with Crippen LogP contribution < -0.4 is 10.6 Å². The van der Waals surface area contributed by atoms with E-state index in [1.165, 1.54) is 11.3 Å². The molecule has 2 unspecified atom stereocenters. The van der Waals surface area contributed by atoms with Gasteiger partial charge >= 0.3 is 0 Å². The number of benzene rings is 1. The average Bonchev–Trinajstić information content (AvgIpc) is 2.94. The predicted octanol–water partition coefficient (Wildman–Crippen LogP) is 3.17. The first-order valence-electron chi connectivity index (χ1n) is 9.67. The lowest BCUT2D eigenvalue weighted by Gasteiger charge is -2.23. The summed E-state index contributed by atoms with van der Waals surface area (Å²) in [6.45, 7) is 2.23. The zero-order valence-electron chi connectivity index (χ0n) is 16.1. The van der Waals surface area contributed by atoms with Crippen molar-refractivity contribution in [2.24, 2.45) is 0 Å². The van der Waals surface area contributed by atoms with Gasteiger partial charge in [0.15, 0.2) is 5.37 Å². The van der Waals surface area contributed by atoms with E-state index < -0.39 is 21.8 Å². The van der Waals surface area contributed by atoms with Crippen LogP contribution in [0.15, 0.2) is 40.9 Å². The van der Waals surface area contributed by atoms with E-state index in [-0.39, 0.29) is 17.5 Å². The van der Waals surface area contributed by atoms with Gasteiger partial charge in [-0.1, -0.05) is 43.3 Å². The van der Waals surface area contributed by atoms with Gasteiger partial charge in [-0.25, -0.2) is 0 Å². The first-order chi connectivity index (χ1) is 13.6. The molecule has 0 spiro atoms. The Labute approximate surface area is 168 Å². The van der Waals surface area contributed by atoms with Crippen molar-refractivity contribution in [3.63, 3.8) is 0 Å². The highest BCUT2D eigenvalue weighted by Gasteiger charge is 2.41. The highest BCUT2D eigenvalue weighted by atomic mass is 32.2. The quantitative estimate of drug-likeness (QED) is 0.453. The maximum absolute atomic E-state index is 12.9. The van der Waals surface area contributed by atoms with E-state index in [0.29, 0.717) is 11.6 Å². The number of rotatable bonds is 5. The molecule has 3 rings (SSSR count). The number of carbonyl (C=O) groups excluding carboxylic acids is 2. The number of carbonyl (C=O) groups is 2. The smallest absolute Gasteiger partial charge is 0.264 e. The summed E-state index contributed by atoms with van der Waals surface area (Å²) in [5, 5.41) is 15.8. The largest absolute Gasteiger partial charge is 0.366 e. The van der Waals surface area contributed by atoms with E-state index in [2.05, 4.69) is 16.5 Å². The molecule has 148 valence electrons. The van der Waals surface area contributed by atoms with Crippen molar-refractivity contribution in [1.29, 1.82) is 5.26 Å². The number of likely N-dealkylation sites (N-methyl/N-ethyl adjacent to an activating group) is 1. The SMILES string of the molecule is C=S1C(=C(C#N)C(=O)NC2CCCCC2)N(CC)C(=O)C1Nc1ccccc1. The summed E-state index contributed by atoms with van der Waals surface area (Å²) >= 11 is 0. The Balaban J connectivity index is 1.88. The van der Waals surface area contributed by atoms with E-state index in [0.717, 1.165) is 31.4 Å². The number of nitrogens with zero attached hydrogens (tertiary/aromatic N) is 2. The second-order valence-electron chi connectivity index (χ2n) is 7.00. The normalized spacial score (nSPS) is 24.6. The molecule has 1 saturated heterocycles. The molecule has 1 saturated carbocycles. The highest BCUT2D eigenvalue weighted by Crippen LogP contribution is 2.42. The third-order valence-electron chi connectivity index (χ3n) is 5.15. The fourth-order valence-electron chi connectivity index (χ4n) is 3.70. The molecule has 1 aromatic carbocycles. The molecule has 2 amide bonds. The molecule has 1 aliphatic heterocycles. The monoisotopic (exact) mass is 398 g/mol. The molecule has 0 aromatic heterocycles. The van der Waals surface area contributed by atoms with E-state index in [9.17, 15) is 14.9 Å². The molecule has 0 radical (unpaired) electrons. The van der Waals surface area contributed by atoms with Crippen LogP contribution in [0.5, 0.6) is 0 Å². The summed E-state index contributed by atoms with van der Waals surface area (Å²) in [5.74, 6) is 3.61. The second-order valence-corrected chi connectivity index (χ2v) is 8.72. The lowest BCUT2D eigenvalue weighted by molar-refractivity contribution is -0.126. The van der Waals surface area contributed by atoms with Crippen molar-refractivity contribution in [3.05, 3.63) is 40.9 Å². The summed E-state index contributed by atoms with van der Waals surface area (Å²) in [4.78, 5) is 27.3. The Bertz CT molecular complexity index is 838. The van der Waals surface area contributed by atoms with Crippen molar-refractivity contribution < 1.29 is 9.59 Å². The van der Waals surface area contributed by atoms with Crippen LogP contribution in [0.1, 0.15) is 39.0 Å². The first-order valence-corrected chi connectivity index (χ1v) is 11.1. The Morgan fingerprint density at radius 2 is 1.96 bits per heavy atom. The van der Waals surface area contributed by atoms with Gasteiger partial charge in [-0.15, -0.1) is 10.5 Å². The Kier molecular flexibility index (Phi) is 6.53. The maximum Gasteiger partial charge on any atom is 0.264 e. The van der Waals surface area contributed by atoms with Gasteiger partial charge in [-0.2, -0.15) is 5.26 Å². The number of hydrogen-bond donors (Lipinski definition) is 2. The Morgan fingerprint density at radius 1 is 1.29 bits per heavy atom. The van der Waals surface area contributed by atoms with E-state index >= 15 is 0 Å². The van der Waals surface area contributed by atoms with E-state index in [1.807, 2.05) is 43.3 Å². The van der Waals surface area contributed by atoms with Crippen LogP contribution >= 0.6 is 10.5 Å². The number of para-hydroxylation sites is 1. The molecular weight excluding hydrogens is 372 g/mol. The molecule has 6 nitrogen and oxygen atoms in total. The van der Waals surface area contributed by atoms with E-state index in [4.69, 9.17) is 0 Å². The lowest BCUT2D eigenvalue weighted by Crippen LogP contribution is -2.38. The summed E-state index contributed by atoms with van der Waals surface area (Å²) < 4.78 is 0. The molecule has 0 bridgehead atoms. The summed E-state index contributed by atoms with van der Waals surface area (Å²) in [7, 11) is -0.854. The van der Waals surface area contributed by atoms with Crippen LogP contribution in [0, 0.1) is 11.3 Å². The number of hydrogen-bond acceptors (Lipinski definition) is 4. The molecule has 1 aromatic rings. The van der Waals surface area contributed by atoms with Gasteiger partial charge in [0.05, 0.1) is 5.03 Å². The summed E-state index contributed by atoms with van der Waals surface area (Å²) in [6, 6.07) is 11.6. The van der Waals surface area contributed by atoms with Gasteiger partial charge < -0.3 is 15.5 Å². The van der Waals surface area contributed by atoms with Crippen LogP contribution in [-0.2, 0) is 9.59 Å². The zero-order chi connectivity index (χ0) is 20.1. The molecule has 28 heavy (non-hydrogen) atoms. The Morgan fingerprint density at radius 3 is 2.57 bits per heavy atom. The van der Waals surface area contributed by atoms with E-state index in [1.54, 1.807) is 0 Å². The second kappa shape index (κ2) is 9.07. The minimum absolute atomic E-state index is 0.0106. The van der Waals surface area contributed by atoms with Gasteiger partial charge in [0, 0.05) is 18.3 Å². The van der Waals surface area contributed by atoms with Gasteiger partial charge in [0.25, 0.3) is 11.8 Å². The molecule has 2 fully saturated rings. The molecule has 2 atom stereocenters. The van der Waals surface area contributed by atoms with Gasteiger partial charge in [0.1, 0.15) is 11.6 Å². The molecule has 7 heteroatoms. The third-order valence-corrected chi connectivity index (χ3v) is 6.96. The molecule has 2 N–H and O–H groups in total. The van der Waals surface area contributed by atoms with Crippen molar-refractivity contribution in [2.75, 3.05) is 11.9 Å². The molecule has 1 heterocycles. The van der Waals surface area contributed by atoms with Crippen LogP contribution in [0.3, 0.4) is 0 Å². The van der Waals surface area contributed by atoms with Crippen molar-refractivity contribution in [3.8, 4) is 6.07 Å². The molecule has 1 aliphatic carbocycles. The van der Waals surface area contributed by atoms with Gasteiger partial charge in [-0.05, 0) is 31.9 Å². The van der Waals surface area contributed by atoms with Crippen molar-refractivity contribution in [2.45, 2.75) is 50.4 Å². The molecular formula is C21H26N4O2S. The minimum Gasteiger partial charge on any atom is -0.366 e. The van der Waals surface area contributed by atoms with Gasteiger partial charge in [-0.3, -0.25) is 9.59 Å². The fourth-order valence-corrected chi connectivity index (χ4v) is 5.48. The van der Waals surface area contributed by atoms with Crippen LogP contribution in [0.4, 0.5) is 5.69 Å². The topological polar surface area (TPSA) is 85.2 Å². The van der Waals surface area contributed by atoms with Crippen LogP contribution in [0.25, 0.3) is 0 Å². The van der Waals surface area contributed by atoms with Crippen LogP contribution in [-0.4, -0.2) is 40.5 Å².